The quantitative estimate of drug-likeness (QED) is 0.760. The highest BCUT2D eigenvalue weighted by molar-refractivity contribution is 5.92. The average molecular weight is 395 g/mol. The molecule has 1 saturated carbocycles. The summed E-state index contributed by atoms with van der Waals surface area (Å²) in [7, 11) is 2.19. The van der Waals surface area contributed by atoms with Gasteiger partial charge in [-0.05, 0) is 44.2 Å². The van der Waals surface area contributed by atoms with Crippen LogP contribution in [-0.2, 0) is 6.54 Å². The van der Waals surface area contributed by atoms with Crippen molar-refractivity contribution in [1.82, 2.24) is 19.6 Å². The topological polar surface area (TPSA) is 74.2 Å². The number of benzene rings is 1. The summed E-state index contributed by atoms with van der Waals surface area (Å²) in [6.45, 7) is 7.83. The lowest BCUT2D eigenvalue weighted by Crippen LogP contribution is -2.43. The molecule has 0 atom stereocenters. The first-order valence-electron chi connectivity index (χ1n) is 10.9. The summed E-state index contributed by atoms with van der Waals surface area (Å²) in [6, 6.07) is 9.01. The van der Waals surface area contributed by atoms with Crippen LogP contribution in [0.25, 0.3) is 11.3 Å². The average Bonchev–Trinajstić information content (AvgIpc) is 3.07. The third kappa shape index (κ3) is 4.38. The highest BCUT2D eigenvalue weighted by Crippen LogP contribution is 2.36. The smallest absolute Gasteiger partial charge is 0.131 e. The van der Waals surface area contributed by atoms with E-state index in [0.29, 0.717) is 11.9 Å². The Morgan fingerprint density at radius 3 is 2.34 bits per heavy atom. The fraction of sp³-hybridized carbons (Fsp3) is 0.565. The van der Waals surface area contributed by atoms with E-state index in [0.717, 1.165) is 68.3 Å². The zero-order chi connectivity index (χ0) is 20.4. The van der Waals surface area contributed by atoms with Gasteiger partial charge in [0.2, 0.25) is 0 Å². The molecule has 1 saturated heterocycles. The van der Waals surface area contributed by atoms with Crippen molar-refractivity contribution >= 4 is 12.0 Å². The van der Waals surface area contributed by atoms with Crippen LogP contribution in [0.1, 0.15) is 49.8 Å². The number of anilines is 1. The van der Waals surface area contributed by atoms with Gasteiger partial charge in [-0.25, -0.2) is 4.68 Å². The molecule has 2 aliphatic rings. The molecule has 4 rings (SSSR count). The summed E-state index contributed by atoms with van der Waals surface area (Å²) < 4.78 is 1.99. The summed E-state index contributed by atoms with van der Waals surface area (Å²) in [5, 5.41) is 12.8. The minimum absolute atomic E-state index is 0.357. The third-order valence-electron chi connectivity index (χ3n) is 6.69. The number of nitrogens with one attached hydrogen (secondary N) is 1. The molecule has 0 spiro atoms. The Hall–Kier alpha value is -2.18. The second kappa shape index (κ2) is 8.67. The minimum Gasteiger partial charge on any atom is -0.383 e. The molecule has 1 aliphatic heterocycles. The molecule has 2 heterocycles. The maximum Gasteiger partial charge on any atom is 0.131 e. The van der Waals surface area contributed by atoms with Gasteiger partial charge in [0, 0.05) is 44.5 Å². The Morgan fingerprint density at radius 2 is 1.72 bits per heavy atom. The third-order valence-corrected chi connectivity index (χ3v) is 6.69. The minimum atomic E-state index is 0.357. The molecular formula is C23H34N6. The Labute approximate surface area is 174 Å². The van der Waals surface area contributed by atoms with Crippen LogP contribution in [0.5, 0.6) is 0 Å². The van der Waals surface area contributed by atoms with Crippen LogP contribution in [0.3, 0.4) is 0 Å². The number of hydrogen-bond acceptors (Lipinski definition) is 5. The second-order valence-electron chi connectivity index (χ2n) is 8.93. The molecular weight excluding hydrogens is 360 g/mol. The summed E-state index contributed by atoms with van der Waals surface area (Å²) >= 11 is 0. The van der Waals surface area contributed by atoms with Gasteiger partial charge in [0.1, 0.15) is 11.5 Å². The monoisotopic (exact) mass is 394 g/mol. The van der Waals surface area contributed by atoms with Crippen LogP contribution in [0, 0.1) is 11.3 Å². The molecule has 3 N–H and O–H groups in total. The zero-order valence-corrected chi connectivity index (χ0v) is 17.8. The van der Waals surface area contributed by atoms with Crippen LogP contribution in [0.4, 0.5) is 5.82 Å². The van der Waals surface area contributed by atoms with E-state index in [-0.39, 0.29) is 0 Å². The predicted molar refractivity (Wildman–Crippen MR) is 119 cm³/mol. The van der Waals surface area contributed by atoms with Crippen molar-refractivity contribution in [3.05, 3.63) is 35.4 Å². The number of hydrogen-bond donors (Lipinski definition) is 2. The molecule has 156 valence electrons. The molecule has 0 amide bonds. The van der Waals surface area contributed by atoms with Crippen molar-refractivity contribution in [2.24, 2.45) is 5.92 Å². The van der Waals surface area contributed by atoms with E-state index in [4.69, 9.17) is 16.2 Å². The van der Waals surface area contributed by atoms with Crippen LogP contribution in [0.2, 0.25) is 0 Å². The molecule has 6 heteroatoms. The first-order valence-corrected chi connectivity index (χ1v) is 10.9. The fourth-order valence-corrected chi connectivity index (χ4v) is 4.61. The maximum atomic E-state index is 7.89. The van der Waals surface area contributed by atoms with E-state index >= 15 is 0 Å². The molecule has 1 aromatic heterocycles. The summed E-state index contributed by atoms with van der Waals surface area (Å²) in [5.41, 5.74) is 10.4. The van der Waals surface area contributed by atoms with Crippen LogP contribution in [0.15, 0.2) is 24.3 Å². The highest BCUT2D eigenvalue weighted by Gasteiger charge is 2.25. The van der Waals surface area contributed by atoms with Gasteiger partial charge in [0.05, 0.1) is 11.6 Å². The lowest BCUT2D eigenvalue weighted by Gasteiger charge is -2.32. The normalized spacial score (nSPS) is 23.9. The molecule has 29 heavy (non-hydrogen) atoms. The zero-order valence-electron chi connectivity index (χ0n) is 17.8. The van der Waals surface area contributed by atoms with Gasteiger partial charge in [-0.2, -0.15) is 5.10 Å². The number of piperazine rings is 1. The van der Waals surface area contributed by atoms with Crippen molar-refractivity contribution in [2.75, 3.05) is 39.0 Å². The van der Waals surface area contributed by atoms with Gasteiger partial charge in [-0.1, -0.05) is 31.2 Å². The number of likely N-dealkylation sites (N-methyl/N-ethyl adjacent to an activating group) is 1. The van der Waals surface area contributed by atoms with Crippen LogP contribution in [-0.4, -0.2) is 59.0 Å². The fourth-order valence-electron chi connectivity index (χ4n) is 4.61. The van der Waals surface area contributed by atoms with Gasteiger partial charge >= 0.3 is 0 Å². The molecule has 6 nitrogen and oxygen atoms in total. The van der Waals surface area contributed by atoms with E-state index in [1.807, 2.05) is 4.68 Å². The van der Waals surface area contributed by atoms with Crippen molar-refractivity contribution in [2.45, 2.75) is 45.2 Å². The summed E-state index contributed by atoms with van der Waals surface area (Å²) in [5.74, 6) is 1.42. The van der Waals surface area contributed by atoms with Crippen molar-refractivity contribution < 1.29 is 0 Å². The summed E-state index contributed by atoms with van der Waals surface area (Å²) in [4.78, 5) is 4.89. The van der Waals surface area contributed by atoms with Gasteiger partial charge in [-0.3, -0.25) is 4.90 Å². The first-order chi connectivity index (χ1) is 14.0. The van der Waals surface area contributed by atoms with E-state index in [2.05, 4.69) is 48.0 Å². The molecule has 0 unspecified atom stereocenters. The van der Waals surface area contributed by atoms with E-state index in [1.165, 1.54) is 24.6 Å². The van der Waals surface area contributed by atoms with Gasteiger partial charge < -0.3 is 16.0 Å². The van der Waals surface area contributed by atoms with E-state index in [9.17, 15) is 0 Å². The largest absolute Gasteiger partial charge is 0.383 e. The molecule has 1 aromatic carbocycles. The standard InChI is InChI=1S/C23H34N6/c1-17-3-9-20(10-4-17)29-23(25)21(15-24)22(26-29)19-7-5-18(6-8-19)16-28-13-11-27(2)12-14-28/h5-8,15,17,20,24H,3-4,9-14,16,25H2,1-2H3. The highest BCUT2D eigenvalue weighted by atomic mass is 15.3. The Balaban J connectivity index is 1.51. The molecule has 2 fully saturated rings. The Kier molecular flexibility index (Phi) is 6.01. The second-order valence-corrected chi connectivity index (χ2v) is 8.93. The van der Waals surface area contributed by atoms with Crippen LogP contribution < -0.4 is 5.73 Å². The lowest BCUT2D eigenvalue weighted by atomic mass is 9.87. The Bertz CT molecular complexity index is 824. The number of rotatable bonds is 5. The number of nitrogens with two attached hydrogens (primary N) is 1. The SMILES string of the molecule is CC1CCC(n2nc(-c3ccc(CN4CCN(C)CC4)cc3)c(C=N)c2N)CC1. The lowest BCUT2D eigenvalue weighted by molar-refractivity contribution is 0.148. The van der Waals surface area contributed by atoms with E-state index < -0.39 is 0 Å². The maximum absolute atomic E-state index is 7.89. The molecule has 0 bridgehead atoms. The van der Waals surface area contributed by atoms with Crippen molar-refractivity contribution in [1.29, 1.82) is 5.41 Å². The number of nitrogen functional groups attached to an aromatic ring is 1. The predicted octanol–water partition coefficient (Wildman–Crippen LogP) is 3.63. The Morgan fingerprint density at radius 1 is 1.07 bits per heavy atom. The molecule has 0 radical (unpaired) electrons. The van der Waals surface area contributed by atoms with Gasteiger partial charge in [-0.15, -0.1) is 0 Å². The van der Waals surface area contributed by atoms with Gasteiger partial charge in [0.25, 0.3) is 0 Å². The molecule has 2 aromatic rings. The number of nitrogens with zero attached hydrogens (tertiary/aromatic N) is 4. The first kappa shape index (κ1) is 20.1. The van der Waals surface area contributed by atoms with Crippen molar-refractivity contribution in [3.63, 3.8) is 0 Å². The molecule has 1 aliphatic carbocycles. The summed E-state index contributed by atoms with van der Waals surface area (Å²) in [6.07, 6.45) is 6.04. The number of aromatic nitrogens is 2. The van der Waals surface area contributed by atoms with E-state index in [1.54, 1.807) is 0 Å². The van der Waals surface area contributed by atoms with Crippen LogP contribution >= 0.6 is 0 Å². The van der Waals surface area contributed by atoms with Crippen molar-refractivity contribution in [3.8, 4) is 11.3 Å². The van der Waals surface area contributed by atoms with Gasteiger partial charge in [0.15, 0.2) is 0 Å².